The highest BCUT2D eigenvalue weighted by Crippen LogP contribution is 2.43. The van der Waals surface area contributed by atoms with Crippen LogP contribution in [0, 0.1) is 0 Å². The van der Waals surface area contributed by atoms with Crippen LogP contribution in [0.2, 0.25) is 0 Å². The van der Waals surface area contributed by atoms with Gasteiger partial charge in [-0.1, -0.05) is 72.2 Å². The van der Waals surface area contributed by atoms with Crippen molar-refractivity contribution in [2.75, 3.05) is 0 Å². The number of phenolic OH excluding ortho intramolecular Hbond substituents is 3. The smallest absolute Gasteiger partial charge is 0.215 e. The third-order valence-corrected chi connectivity index (χ3v) is 5.80. The Kier molecular flexibility index (Phi) is 6.16. The molecule has 1 heterocycles. The van der Waals surface area contributed by atoms with E-state index in [1.54, 1.807) is 6.07 Å². The minimum Gasteiger partial charge on any atom is -0.504 e. The number of phenols is 3. The number of aromatic hydroxyl groups is 3. The van der Waals surface area contributed by atoms with E-state index in [0.717, 1.165) is 15.6 Å². The van der Waals surface area contributed by atoms with Crippen molar-refractivity contribution in [3.63, 3.8) is 0 Å². The molecule has 3 aromatic carbocycles. The molecule has 0 saturated carbocycles. The molecule has 1 aromatic heterocycles. The maximum atomic E-state index is 13.5. The summed E-state index contributed by atoms with van der Waals surface area (Å²) in [7, 11) is 0. The van der Waals surface area contributed by atoms with E-state index in [4.69, 9.17) is 0 Å². The van der Waals surface area contributed by atoms with Crippen LogP contribution in [0.3, 0.4) is 0 Å². The second kappa shape index (κ2) is 9.03. The van der Waals surface area contributed by atoms with E-state index in [9.17, 15) is 20.1 Å². The molecule has 0 saturated heterocycles. The van der Waals surface area contributed by atoms with Gasteiger partial charge in [0.15, 0.2) is 17.3 Å². The van der Waals surface area contributed by atoms with Crippen LogP contribution in [0.1, 0.15) is 41.4 Å². The van der Waals surface area contributed by atoms with Gasteiger partial charge in [0.05, 0.1) is 11.3 Å². The fraction of sp³-hybridized carbons (Fsp3) is 0.115. The maximum Gasteiger partial charge on any atom is 0.215 e. The Hall–Kier alpha value is -3.71. The lowest BCUT2D eigenvalue weighted by molar-refractivity contribution is 0.103. The number of hydrogen-bond acceptors (Lipinski definition) is 6. The standard InChI is InChI=1S/C26H21BrN2O4/c1-14(2)18-12-19(24(32)25(33)23(18)31)22(30)21-13-20(15-8-10-17(27)11-9-15)28-26(29-21)16-6-4-3-5-7-16/h3-14,31-33H,1-2H3. The lowest BCUT2D eigenvalue weighted by Gasteiger charge is -2.14. The Bertz CT molecular complexity index is 1340. The molecule has 7 heteroatoms. The van der Waals surface area contributed by atoms with Crippen molar-refractivity contribution >= 4 is 21.7 Å². The van der Waals surface area contributed by atoms with Crippen LogP contribution >= 0.6 is 15.9 Å². The quantitative estimate of drug-likeness (QED) is 0.226. The van der Waals surface area contributed by atoms with Crippen molar-refractivity contribution in [1.82, 2.24) is 9.97 Å². The summed E-state index contributed by atoms with van der Waals surface area (Å²) in [5.74, 6) is -2.29. The molecule has 166 valence electrons. The van der Waals surface area contributed by atoms with E-state index in [2.05, 4.69) is 25.9 Å². The highest BCUT2D eigenvalue weighted by molar-refractivity contribution is 9.10. The number of ketones is 1. The van der Waals surface area contributed by atoms with Crippen LogP contribution in [0.4, 0.5) is 0 Å². The van der Waals surface area contributed by atoms with Crippen LogP contribution in [0.25, 0.3) is 22.6 Å². The fourth-order valence-electron chi connectivity index (χ4n) is 3.47. The van der Waals surface area contributed by atoms with Gasteiger partial charge in [0.2, 0.25) is 11.5 Å². The molecule has 4 aromatic rings. The van der Waals surface area contributed by atoms with Gasteiger partial charge >= 0.3 is 0 Å². The molecule has 3 N–H and O–H groups in total. The Balaban J connectivity index is 1.91. The average Bonchev–Trinajstić information content (AvgIpc) is 2.83. The molecular weight excluding hydrogens is 484 g/mol. The Morgan fingerprint density at radius 2 is 1.48 bits per heavy atom. The number of nitrogens with zero attached hydrogens (tertiary/aromatic N) is 2. The topological polar surface area (TPSA) is 104 Å². The molecule has 4 rings (SSSR count). The van der Waals surface area contributed by atoms with Crippen molar-refractivity contribution in [2.24, 2.45) is 0 Å². The molecule has 0 aliphatic rings. The fourth-order valence-corrected chi connectivity index (χ4v) is 3.73. The minimum absolute atomic E-state index is 0.0527. The van der Waals surface area contributed by atoms with Crippen molar-refractivity contribution in [3.8, 4) is 39.9 Å². The summed E-state index contributed by atoms with van der Waals surface area (Å²) in [6, 6.07) is 19.7. The molecule has 0 aliphatic heterocycles. The first kappa shape index (κ1) is 22.5. The van der Waals surface area contributed by atoms with Gasteiger partial charge in [0.1, 0.15) is 5.69 Å². The van der Waals surface area contributed by atoms with E-state index in [0.29, 0.717) is 17.1 Å². The lowest BCUT2D eigenvalue weighted by atomic mass is 9.95. The van der Waals surface area contributed by atoms with Gasteiger partial charge in [-0.2, -0.15) is 0 Å². The van der Waals surface area contributed by atoms with Gasteiger partial charge < -0.3 is 15.3 Å². The number of benzene rings is 3. The number of carbonyl (C=O) groups excluding carboxylic acids is 1. The molecular formula is C26H21BrN2O4. The van der Waals surface area contributed by atoms with Gasteiger partial charge in [-0.25, -0.2) is 9.97 Å². The number of halogens is 1. The van der Waals surface area contributed by atoms with Crippen LogP contribution in [0.5, 0.6) is 17.2 Å². The highest BCUT2D eigenvalue weighted by Gasteiger charge is 2.25. The van der Waals surface area contributed by atoms with Crippen LogP contribution < -0.4 is 0 Å². The molecule has 0 bridgehead atoms. The molecule has 0 unspecified atom stereocenters. The monoisotopic (exact) mass is 504 g/mol. The van der Waals surface area contributed by atoms with Crippen molar-refractivity contribution < 1.29 is 20.1 Å². The molecule has 0 aliphatic carbocycles. The molecule has 0 spiro atoms. The first-order valence-corrected chi connectivity index (χ1v) is 11.1. The highest BCUT2D eigenvalue weighted by atomic mass is 79.9. The maximum absolute atomic E-state index is 13.5. The zero-order valence-electron chi connectivity index (χ0n) is 18.0. The van der Waals surface area contributed by atoms with Crippen molar-refractivity contribution in [3.05, 3.63) is 88.0 Å². The second-order valence-corrected chi connectivity index (χ2v) is 8.79. The molecule has 6 nitrogen and oxygen atoms in total. The number of carbonyl (C=O) groups is 1. The predicted octanol–water partition coefficient (Wildman–Crippen LogP) is 6.04. The summed E-state index contributed by atoms with van der Waals surface area (Å²) in [6.45, 7) is 3.62. The summed E-state index contributed by atoms with van der Waals surface area (Å²) in [5, 5.41) is 30.8. The minimum atomic E-state index is -0.727. The third-order valence-electron chi connectivity index (χ3n) is 5.27. The molecule has 33 heavy (non-hydrogen) atoms. The normalized spacial score (nSPS) is 11.0. The zero-order chi connectivity index (χ0) is 23.7. The van der Waals surface area contributed by atoms with Crippen molar-refractivity contribution in [2.45, 2.75) is 19.8 Å². The average molecular weight is 505 g/mol. The van der Waals surface area contributed by atoms with Crippen LogP contribution in [-0.4, -0.2) is 31.1 Å². The zero-order valence-corrected chi connectivity index (χ0v) is 19.5. The van der Waals surface area contributed by atoms with Gasteiger partial charge in [-0.3, -0.25) is 4.79 Å². The van der Waals surface area contributed by atoms with Gasteiger partial charge in [-0.05, 0) is 30.2 Å². The molecule has 0 fully saturated rings. The number of aromatic nitrogens is 2. The van der Waals surface area contributed by atoms with Crippen LogP contribution in [-0.2, 0) is 0 Å². The first-order valence-electron chi connectivity index (χ1n) is 10.3. The van der Waals surface area contributed by atoms with E-state index in [-0.39, 0.29) is 17.2 Å². The predicted molar refractivity (Wildman–Crippen MR) is 130 cm³/mol. The van der Waals surface area contributed by atoms with E-state index in [1.807, 2.05) is 68.4 Å². The first-order chi connectivity index (χ1) is 15.8. The number of rotatable bonds is 5. The lowest BCUT2D eigenvalue weighted by Crippen LogP contribution is -2.08. The Morgan fingerprint density at radius 3 is 2.12 bits per heavy atom. The largest absolute Gasteiger partial charge is 0.504 e. The molecule has 0 atom stereocenters. The Morgan fingerprint density at radius 1 is 0.818 bits per heavy atom. The summed E-state index contributed by atoms with van der Waals surface area (Å²) in [6.07, 6.45) is 0. The van der Waals surface area contributed by atoms with Crippen LogP contribution in [0.15, 0.2) is 71.2 Å². The summed E-state index contributed by atoms with van der Waals surface area (Å²) in [5.41, 5.74) is 2.30. The second-order valence-electron chi connectivity index (χ2n) is 7.88. The van der Waals surface area contributed by atoms with E-state index >= 15 is 0 Å². The molecule has 0 amide bonds. The van der Waals surface area contributed by atoms with E-state index in [1.165, 1.54) is 6.07 Å². The van der Waals surface area contributed by atoms with Gasteiger partial charge in [0, 0.05) is 21.2 Å². The third kappa shape index (κ3) is 4.45. The molecule has 0 radical (unpaired) electrons. The van der Waals surface area contributed by atoms with Gasteiger partial charge in [-0.15, -0.1) is 0 Å². The summed E-state index contributed by atoms with van der Waals surface area (Å²) >= 11 is 3.42. The van der Waals surface area contributed by atoms with Gasteiger partial charge in [0.25, 0.3) is 0 Å². The SMILES string of the molecule is CC(C)c1cc(C(=O)c2cc(-c3ccc(Br)cc3)nc(-c3ccccc3)n2)c(O)c(O)c1O. The van der Waals surface area contributed by atoms with E-state index < -0.39 is 23.0 Å². The number of hydrogen-bond donors (Lipinski definition) is 3. The summed E-state index contributed by atoms with van der Waals surface area (Å²) < 4.78 is 0.908. The summed E-state index contributed by atoms with van der Waals surface area (Å²) in [4.78, 5) is 22.6. The Labute approximate surface area is 199 Å². The van der Waals surface area contributed by atoms with Crippen molar-refractivity contribution in [1.29, 1.82) is 0 Å².